The fourth-order valence-corrected chi connectivity index (χ4v) is 3.68. The molecule has 1 aromatic carbocycles. The van der Waals surface area contributed by atoms with Crippen molar-refractivity contribution in [1.29, 1.82) is 0 Å². The Balaban J connectivity index is 2.86. The maximum absolute atomic E-state index is 12.8. The van der Waals surface area contributed by atoms with Gasteiger partial charge in [-0.1, -0.05) is 51.9 Å². The largest absolute Gasteiger partial charge is 0.463 e. The number of hydrogen-bond donors (Lipinski definition) is 0. The molecule has 0 aliphatic rings. The smallest absolute Gasteiger partial charge is 0.330 e. The van der Waals surface area contributed by atoms with Crippen molar-refractivity contribution in [3.05, 3.63) is 54.1 Å². The van der Waals surface area contributed by atoms with Crippen LogP contribution >= 0.6 is 15.9 Å². The standard InChI is InChI=1S/C18H24BrNO4S/c1-3-24-18(21)8-4-6-14-20(15-7-5-13-19)25(22,23)17-11-9-16(2)10-12-17/h4-5,7-12H,3,6,13-15H2,1-2H3/b7-5+,8-4+. The fourth-order valence-electron chi connectivity index (χ4n) is 2.01. The molecular formula is C18H24BrNO4S. The van der Waals surface area contributed by atoms with E-state index < -0.39 is 16.0 Å². The number of alkyl halides is 1. The second kappa shape index (κ2) is 11.2. The third-order valence-electron chi connectivity index (χ3n) is 3.31. The summed E-state index contributed by atoms with van der Waals surface area (Å²) in [4.78, 5) is 11.6. The van der Waals surface area contributed by atoms with Crippen LogP contribution in [0.15, 0.2) is 53.5 Å². The van der Waals surface area contributed by atoms with Crippen molar-refractivity contribution >= 4 is 31.9 Å². The lowest BCUT2D eigenvalue weighted by atomic mass is 10.2. The minimum Gasteiger partial charge on any atom is -0.463 e. The predicted octanol–water partition coefficient (Wildman–Crippen LogP) is 3.45. The summed E-state index contributed by atoms with van der Waals surface area (Å²) >= 11 is 3.28. The Kier molecular flexibility index (Phi) is 9.70. The van der Waals surface area contributed by atoms with Gasteiger partial charge in [0.15, 0.2) is 0 Å². The molecule has 7 heteroatoms. The highest BCUT2D eigenvalue weighted by Crippen LogP contribution is 2.17. The van der Waals surface area contributed by atoms with Crippen molar-refractivity contribution in [2.24, 2.45) is 0 Å². The highest BCUT2D eigenvalue weighted by atomic mass is 79.9. The van der Waals surface area contributed by atoms with Crippen LogP contribution in [0.5, 0.6) is 0 Å². The average Bonchev–Trinajstić information content (AvgIpc) is 2.57. The molecule has 0 saturated heterocycles. The summed E-state index contributed by atoms with van der Waals surface area (Å²) in [6.07, 6.45) is 7.03. The van der Waals surface area contributed by atoms with Crippen LogP contribution in [0.4, 0.5) is 0 Å². The first-order valence-corrected chi connectivity index (χ1v) is 10.6. The summed E-state index contributed by atoms with van der Waals surface area (Å²) in [6.45, 7) is 4.51. The van der Waals surface area contributed by atoms with E-state index in [1.165, 1.54) is 10.4 Å². The normalized spacial score (nSPS) is 12.3. The minimum absolute atomic E-state index is 0.264. The first kappa shape index (κ1) is 21.6. The lowest BCUT2D eigenvalue weighted by molar-refractivity contribution is -0.137. The van der Waals surface area contributed by atoms with Crippen LogP contribution in [-0.4, -0.2) is 43.7 Å². The second-order valence-corrected chi connectivity index (χ2v) is 7.83. The van der Waals surface area contributed by atoms with Gasteiger partial charge in [-0.2, -0.15) is 4.31 Å². The minimum atomic E-state index is -3.59. The number of carbonyl (C=O) groups is 1. The van der Waals surface area contributed by atoms with E-state index in [1.54, 1.807) is 43.3 Å². The van der Waals surface area contributed by atoms with Gasteiger partial charge in [-0.3, -0.25) is 0 Å². The predicted molar refractivity (Wildman–Crippen MR) is 103 cm³/mol. The Morgan fingerprint density at radius 3 is 2.48 bits per heavy atom. The van der Waals surface area contributed by atoms with E-state index in [1.807, 2.05) is 13.0 Å². The molecule has 0 aromatic heterocycles. The molecule has 0 aliphatic heterocycles. The zero-order valence-corrected chi connectivity index (χ0v) is 16.9. The van der Waals surface area contributed by atoms with E-state index in [2.05, 4.69) is 15.9 Å². The van der Waals surface area contributed by atoms with Gasteiger partial charge in [0, 0.05) is 24.5 Å². The van der Waals surface area contributed by atoms with Gasteiger partial charge < -0.3 is 4.74 Å². The molecule has 0 fully saturated rings. The number of benzene rings is 1. The molecule has 0 radical (unpaired) electrons. The lowest BCUT2D eigenvalue weighted by Crippen LogP contribution is -2.32. The zero-order valence-electron chi connectivity index (χ0n) is 14.5. The van der Waals surface area contributed by atoms with Gasteiger partial charge in [0.05, 0.1) is 11.5 Å². The van der Waals surface area contributed by atoms with Crippen LogP contribution in [0.1, 0.15) is 18.9 Å². The zero-order chi connectivity index (χ0) is 18.7. The van der Waals surface area contributed by atoms with Crippen LogP contribution in [0, 0.1) is 6.92 Å². The van der Waals surface area contributed by atoms with Crippen molar-refractivity contribution in [1.82, 2.24) is 4.31 Å². The summed E-state index contributed by atoms with van der Waals surface area (Å²) < 4.78 is 31.9. The number of halogens is 1. The van der Waals surface area contributed by atoms with Crippen molar-refractivity contribution in [3.8, 4) is 0 Å². The maximum atomic E-state index is 12.8. The van der Waals surface area contributed by atoms with Gasteiger partial charge in [0.25, 0.3) is 0 Å². The van der Waals surface area contributed by atoms with Gasteiger partial charge in [-0.15, -0.1) is 0 Å². The Hall–Kier alpha value is -1.44. The summed E-state index contributed by atoms with van der Waals surface area (Å²) in [6, 6.07) is 6.78. The molecule has 0 aliphatic carbocycles. The van der Waals surface area contributed by atoms with E-state index in [9.17, 15) is 13.2 Å². The number of aryl methyl sites for hydroxylation is 1. The molecule has 0 saturated carbocycles. The molecule has 0 N–H and O–H groups in total. The Bertz CT molecular complexity index is 696. The van der Waals surface area contributed by atoms with E-state index in [4.69, 9.17) is 4.74 Å². The molecule has 25 heavy (non-hydrogen) atoms. The molecule has 1 rings (SSSR count). The molecule has 0 unspecified atom stereocenters. The topological polar surface area (TPSA) is 63.7 Å². The summed E-state index contributed by atoms with van der Waals surface area (Å²) in [5.74, 6) is -0.422. The van der Waals surface area contributed by atoms with Gasteiger partial charge in [-0.05, 0) is 32.4 Å². The van der Waals surface area contributed by atoms with Crippen LogP contribution in [0.25, 0.3) is 0 Å². The first-order chi connectivity index (χ1) is 11.9. The molecule has 138 valence electrons. The average molecular weight is 430 g/mol. The molecular weight excluding hydrogens is 406 g/mol. The van der Waals surface area contributed by atoms with Crippen LogP contribution in [0.3, 0.4) is 0 Å². The quantitative estimate of drug-likeness (QED) is 0.247. The third-order valence-corrected chi connectivity index (χ3v) is 5.56. The SMILES string of the molecule is CCOC(=O)/C=C/CCN(C/C=C/CBr)S(=O)(=O)c1ccc(C)cc1. The molecule has 0 spiro atoms. The number of hydrogen-bond acceptors (Lipinski definition) is 4. The lowest BCUT2D eigenvalue weighted by Gasteiger charge is -2.20. The number of rotatable bonds is 10. The van der Waals surface area contributed by atoms with Crippen LogP contribution < -0.4 is 0 Å². The number of carbonyl (C=O) groups excluding carboxylic acids is 1. The van der Waals surface area contributed by atoms with E-state index in [-0.39, 0.29) is 18.0 Å². The van der Waals surface area contributed by atoms with Crippen molar-refractivity contribution in [2.45, 2.75) is 25.2 Å². The molecule has 0 atom stereocenters. The van der Waals surface area contributed by atoms with Crippen molar-refractivity contribution in [2.75, 3.05) is 25.0 Å². The fraction of sp³-hybridized carbons (Fsp3) is 0.389. The molecule has 0 amide bonds. The molecule has 0 heterocycles. The number of allylic oxidation sites excluding steroid dienone is 1. The second-order valence-electron chi connectivity index (χ2n) is 5.24. The molecule has 0 bridgehead atoms. The third kappa shape index (κ3) is 7.54. The van der Waals surface area contributed by atoms with Gasteiger partial charge in [0.2, 0.25) is 10.0 Å². The summed E-state index contributed by atoms with van der Waals surface area (Å²) in [5, 5.41) is 0.661. The van der Waals surface area contributed by atoms with E-state index >= 15 is 0 Å². The monoisotopic (exact) mass is 429 g/mol. The van der Waals surface area contributed by atoms with Crippen LogP contribution in [-0.2, 0) is 19.6 Å². The van der Waals surface area contributed by atoms with Gasteiger partial charge in [-0.25, -0.2) is 13.2 Å². The van der Waals surface area contributed by atoms with Gasteiger partial charge in [0.1, 0.15) is 0 Å². The Morgan fingerprint density at radius 2 is 1.88 bits per heavy atom. The van der Waals surface area contributed by atoms with Gasteiger partial charge >= 0.3 is 5.97 Å². The summed E-state index contributed by atoms with van der Waals surface area (Å²) in [7, 11) is -3.59. The van der Waals surface area contributed by atoms with E-state index in [0.717, 1.165) is 5.56 Å². The van der Waals surface area contributed by atoms with Crippen LogP contribution in [0.2, 0.25) is 0 Å². The van der Waals surface area contributed by atoms with Crippen molar-refractivity contribution < 1.29 is 17.9 Å². The van der Waals surface area contributed by atoms with Crippen molar-refractivity contribution in [3.63, 3.8) is 0 Å². The Labute approximate surface area is 158 Å². The van der Waals surface area contributed by atoms with E-state index in [0.29, 0.717) is 18.4 Å². The number of sulfonamides is 1. The Morgan fingerprint density at radius 1 is 1.20 bits per heavy atom. The number of nitrogens with zero attached hydrogens (tertiary/aromatic N) is 1. The molecule has 5 nitrogen and oxygen atoms in total. The number of ether oxygens (including phenoxy) is 1. The highest BCUT2D eigenvalue weighted by Gasteiger charge is 2.22. The maximum Gasteiger partial charge on any atom is 0.330 e. The number of esters is 1. The molecule has 1 aromatic rings. The highest BCUT2D eigenvalue weighted by molar-refractivity contribution is 9.09. The summed E-state index contributed by atoms with van der Waals surface area (Å²) in [5.41, 5.74) is 1.00. The first-order valence-electron chi connectivity index (χ1n) is 8.03.